The number of hydrogen-bond acceptors (Lipinski definition) is 4. The van der Waals surface area contributed by atoms with Crippen molar-refractivity contribution in [3.05, 3.63) is 30.3 Å². The number of nitrogens with zero attached hydrogens (tertiary/aromatic N) is 3. The van der Waals surface area contributed by atoms with Crippen molar-refractivity contribution in [2.45, 2.75) is 18.9 Å². The smallest absolute Gasteiger partial charge is 0.242 e. The fourth-order valence-electron chi connectivity index (χ4n) is 2.51. The molecule has 1 atom stereocenters. The fraction of sp³-hybridized carbons (Fsp3) is 0.467. The van der Waals surface area contributed by atoms with Crippen LogP contribution in [-0.2, 0) is 4.79 Å². The molecular weight excluding hydrogens is 252 g/mol. The number of para-hydroxylation sites is 1. The Bertz CT molecular complexity index is 482. The second-order valence-electron chi connectivity index (χ2n) is 5.11. The molecule has 0 saturated carbocycles. The second-order valence-corrected chi connectivity index (χ2v) is 5.11. The van der Waals surface area contributed by atoms with Crippen LogP contribution in [0, 0.1) is 11.3 Å². The standard InChI is InChI=1S/C15H20N4O/c16-8-10-19(14-6-2-1-3-7-14)15(20)12-18-9-4-5-13(17)11-18/h1-3,6-7,13H,4-5,9-12,17H2/t13-/m1/s1. The molecule has 0 unspecified atom stereocenters. The van der Waals surface area contributed by atoms with Gasteiger partial charge in [-0.2, -0.15) is 5.26 Å². The highest BCUT2D eigenvalue weighted by Crippen LogP contribution is 2.14. The molecule has 5 heteroatoms. The first kappa shape index (κ1) is 14.5. The first-order chi connectivity index (χ1) is 9.70. The van der Waals surface area contributed by atoms with Gasteiger partial charge in [-0.1, -0.05) is 18.2 Å². The van der Waals surface area contributed by atoms with Crippen LogP contribution in [0.3, 0.4) is 0 Å². The van der Waals surface area contributed by atoms with E-state index in [0.29, 0.717) is 6.54 Å². The van der Waals surface area contributed by atoms with E-state index in [1.165, 1.54) is 4.90 Å². The summed E-state index contributed by atoms with van der Waals surface area (Å²) in [5.74, 6) is -0.0492. The summed E-state index contributed by atoms with van der Waals surface area (Å²) in [6.45, 7) is 2.04. The lowest BCUT2D eigenvalue weighted by molar-refractivity contribution is -0.119. The Morgan fingerprint density at radius 3 is 2.85 bits per heavy atom. The highest BCUT2D eigenvalue weighted by Gasteiger charge is 2.22. The van der Waals surface area contributed by atoms with Gasteiger partial charge >= 0.3 is 0 Å². The van der Waals surface area contributed by atoms with Crippen LogP contribution in [0.1, 0.15) is 12.8 Å². The predicted octanol–water partition coefficient (Wildman–Crippen LogP) is 0.966. The lowest BCUT2D eigenvalue weighted by Gasteiger charge is -2.31. The van der Waals surface area contributed by atoms with Gasteiger partial charge in [-0.05, 0) is 31.5 Å². The van der Waals surface area contributed by atoms with Crippen LogP contribution in [0.4, 0.5) is 5.69 Å². The molecule has 20 heavy (non-hydrogen) atoms. The molecule has 1 aromatic rings. The zero-order chi connectivity index (χ0) is 14.4. The third-order valence-electron chi connectivity index (χ3n) is 3.50. The Hall–Kier alpha value is -1.90. The Morgan fingerprint density at radius 1 is 1.45 bits per heavy atom. The molecule has 2 N–H and O–H groups in total. The van der Waals surface area contributed by atoms with Crippen LogP contribution < -0.4 is 10.6 Å². The minimum atomic E-state index is -0.0492. The lowest BCUT2D eigenvalue weighted by atomic mass is 10.1. The fourth-order valence-corrected chi connectivity index (χ4v) is 2.51. The second kappa shape index (κ2) is 7.04. The number of likely N-dealkylation sites (tertiary alicyclic amines) is 1. The third-order valence-corrected chi connectivity index (χ3v) is 3.50. The average molecular weight is 272 g/mol. The molecule has 1 aliphatic rings. The van der Waals surface area contributed by atoms with Crippen LogP contribution in [0.25, 0.3) is 0 Å². The normalized spacial score (nSPS) is 19.3. The summed E-state index contributed by atoms with van der Waals surface area (Å²) < 4.78 is 0. The number of amides is 1. The van der Waals surface area contributed by atoms with Crippen molar-refractivity contribution >= 4 is 11.6 Å². The largest absolute Gasteiger partial charge is 0.327 e. The number of benzene rings is 1. The van der Waals surface area contributed by atoms with Gasteiger partial charge in [0.05, 0.1) is 12.6 Å². The van der Waals surface area contributed by atoms with E-state index in [9.17, 15) is 4.79 Å². The van der Waals surface area contributed by atoms with Gasteiger partial charge in [0.1, 0.15) is 6.54 Å². The summed E-state index contributed by atoms with van der Waals surface area (Å²) >= 11 is 0. The molecule has 0 radical (unpaired) electrons. The maximum absolute atomic E-state index is 12.4. The van der Waals surface area contributed by atoms with Crippen LogP contribution in [-0.4, -0.2) is 43.0 Å². The van der Waals surface area contributed by atoms with Crippen molar-refractivity contribution in [2.24, 2.45) is 5.73 Å². The van der Waals surface area contributed by atoms with Crippen molar-refractivity contribution in [1.82, 2.24) is 4.90 Å². The van der Waals surface area contributed by atoms with Gasteiger partial charge in [-0.15, -0.1) is 0 Å². The van der Waals surface area contributed by atoms with E-state index in [-0.39, 0.29) is 18.5 Å². The van der Waals surface area contributed by atoms with E-state index in [2.05, 4.69) is 11.0 Å². The molecule has 0 aromatic heterocycles. The summed E-state index contributed by atoms with van der Waals surface area (Å²) in [6.07, 6.45) is 2.04. The Morgan fingerprint density at radius 2 is 2.20 bits per heavy atom. The number of rotatable bonds is 4. The quantitative estimate of drug-likeness (QED) is 0.829. The molecule has 0 bridgehead atoms. The molecule has 106 valence electrons. The molecule has 1 aliphatic heterocycles. The third kappa shape index (κ3) is 3.80. The molecule has 1 fully saturated rings. The SMILES string of the molecule is N#CCN(C(=O)CN1CCC[C@@H](N)C1)c1ccccc1. The van der Waals surface area contributed by atoms with E-state index in [4.69, 9.17) is 11.0 Å². The van der Waals surface area contributed by atoms with Gasteiger partial charge in [-0.3, -0.25) is 14.6 Å². The van der Waals surface area contributed by atoms with E-state index in [0.717, 1.165) is 31.6 Å². The zero-order valence-corrected chi connectivity index (χ0v) is 11.5. The topological polar surface area (TPSA) is 73.4 Å². The molecule has 1 amide bonds. The van der Waals surface area contributed by atoms with Crippen LogP contribution in [0.5, 0.6) is 0 Å². The van der Waals surface area contributed by atoms with E-state index in [1.807, 2.05) is 30.3 Å². The van der Waals surface area contributed by atoms with E-state index < -0.39 is 0 Å². The predicted molar refractivity (Wildman–Crippen MR) is 78.1 cm³/mol. The van der Waals surface area contributed by atoms with Crippen LogP contribution in [0.2, 0.25) is 0 Å². The summed E-state index contributed by atoms with van der Waals surface area (Å²) in [5.41, 5.74) is 6.69. The van der Waals surface area contributed by atoms with Crippen LogP contribution in [0.15, 0.2) is 30.3 Å². The number of nitrogens with two attached hydrogens (primary N) is 1. The maximum atomic E-state index is 12.4. The highest BCUT2D eigenvalue weighted by molar-refractivity contribution is 5.95. The number of carbonyl (C=O) groups excluding carboxylic acids is 1. The Balaban J connectivity index is 2.02. The number of anilines is 1. The first-order valence-corrected chi connectivity index (χ1v) is 6.91. The molecule has 2 rings (SSSR count). The summed E-state index contributed by atoms with van der Waals surface area (Å²) in [6, 6.07) is 11.5. The molecule has 1 heterocycles. The lowest BCUT2D eigenvalue weighted by Crippen LogP contribution is -2.48. The average Bonchev–Trinajstić information content (AvgIpc) is 2.45. The highest BCUT2D eigenvalue weighted by atomic mass is 16.2. The van der Waals surface area contributed by atoms with Gasteiger partial charge in [0, 0.05) is 18.3 Å². The first-order valence-electron chi connectivity index (χ1n) is 6.91. The summed E-state index contributed by atoms with van der Waals surface area (Å²) in [7, 11) is 0. The molecule has 5 nitrogen and oxygen atoms in total. The molecule has 0 aliphatic carbocycles. The summed E-state index contributed by atoms with van der Waals surface area (Å²) in [5, 5.41) is 8.92. The number of nitriles is 1. The molecule has 0 spiro atoms. The zero-order valence-electron chi connectivity index (χ0n) is 11.5. The monoisotopic (exact) mass is 272 g/mol. The van der Waals surface area contributed by atoms with Gasteiger partial charge in [0.25, 0.3) is 0 Å². The number of carbonyl (C=O) groups is 1. The maximum Gasteiger partial charge on any atom is 0.242 e. The number of hydrogen-bond donors (Lipinski definition) is 1. The van der Waals surface area contributed by atoms with Crippen molar-refractivity contribution in [1.29, 1.82) is 5.26 Å². The van der Waals surface area contributed by atoms with Crippen LogP contribution >= 0.6 is 0 Å². The Labute approximate surface area is 119 Å². The summed E-state index contributed by atoms with van der Waals surface area (Å²) in [4.78, 5) is 16.0. The Kier molecular flexibility index (Phi) is 5.10. The van der Waals surface area contributed by atoms with Crippen molar-refractivity contribution in [2.75, 3.05) is 31.1 Å². The van der Waals surface area contributed by atoms with E-state index >= 15 is 0 Å². The van der Waals surface area contributed by atoms with Gasteiger partial charge in [0.2, 0.25) is 5.91 Å². The molecular formula is C15H20N4O. The van der Waals surface area contributed by atoms with Crippen molar-refractivity contribution in [3.8, 4) is 6.07 Å². The minimum absolute atomic E-state index is 0.0492. The van der Waals surface area contributed by atoms with Crippen molar-refractivity contribution < 1.29 is 4.79 Å². The van der Waals surface area contributed by atoms with Crippen molar-refractivity contribution in [3.63, 3.8) is 0 Å². The van der Waals surface area contributed by atoms with Gasteiger partial charge in [0.15, 0.2) is 0 Å². The number of piperidine rings is 1. The minimum Gasteiger partial charge on any atom is -0.327 e. The molecule has 1 aromatic carbocycles. The van der Waals surface area contributed by atoms with E-state index in [1.54, 1.807) is 0 Å². The van der Waals surface area contributed by atoms with Gasteiger partial charge < -0.3 is 5.73 Å². The molecule has 1 saturated heterocycles. The van der Waals surface area contributed by atoms with Gasteiger partial charge in [-0.25, -0.2) is 0 Å².